The van der Waals surface area contributed by atoms with Gasteiger partial charge in [-0.3, -0.25) is 4.98 Å². The van der Waals surface area contributed by atoms with Crippen LogP contribution in [0.25, 0.3) is 10.4 Å². The van der Waals surface area contributed by atoms with Crippen LogP contribution in [0.1, 0.15) is 5.69 Å². The molecule has 0 radical (unpaired) electrons. The number of thiazole rings is 1. The van der Waals surface area contributed by atoms with E-state index in [1.54, 1.807) is 17.5 Å². The minimum atomic E-state index is 0. The van der Waals surface area contributed by atoms with E-state index in [1.807, 2.05) is 30.8 Å². The monoisotopic (exact) mass is 212 g/mol. The largest absolute Gasteiger partial charge is 0.264 e. The first-order valence-electron chi connectivity index (χ1n) is 3.68. The number of aryl methyl sites for hydroxylation is 1. The van der Waals surface area contributed by atoms with Crippen LogP contribution in [-0.4, -0.2) is 9.97 Å². The maximum atomic E-state index is 4.18. The summed E-state index contributed by atoms with van der Waals surface area (Å²) in [4.78, 5) is 9.46. The standard InChI is InChI=1S/C9H8N2S.ClH/c1-7-9(12-6-11-7)8-3-2-4-10-5-8;/h2-6H,1H3;1H. The molecule has 0 amide bonds. The molecule has 0 spiro atoms. The number of halogens is 1. The molecule has 68 valence electrons. The van der Waals surface area contributed by atoms with Crippen LogP contribution in [-0.2, 0) is 0 Å². The highest BCUT2D eigenvalue weighted by molar-refractivity contribution is 7.13. The minimum Gasteiger partial charge on any atom is -0.264 e. The fourth-order valence-corrected chi connectivity index (χ4v) is 1.87. The van der Waals surface area contributed by atoms with Crippen LogP contribution < -0.4 is 0 Å². The zero-order chi connectivity index (χ0) is 8.39. The Kier molecular flexibility index (Phi) is 3.39. The fourth-order valence-electron chi connectivity index (χ4n) is 1.08. The van der Waals surface area contributed by atoms with E-state index in [1.165, 1.54) is 4.88 Å². The van der Waals surface area contributed by atoms with Gasteiger partial charge in [-0.15, -0.1) is 23.7 Å². The van der Waals surface area contributed by atoms with Crippen molar-refractivity contribution >= 4 is 23.7 Å². The van der Waals surface area contributed by atoms with Gasteiger partial charge in [0.25, 0.3) is 0 Å². The van der Waals surface area contributed by atoms with E-state index < -0.39 is 0 Å². The second-order valence-electron chi connectivity index (χ2n) is 2.51. The normalized spacial score (nSPS) is 9.31. The van der Waals surface area contributed by atoms with Gasteiger partial charge >= 0.3 is 0 Å². The number of aromatic nitrogens is 2. The van der Waals surface area contributed by atoms with Gasteiger partial charge in [-0.1, -0.05) is 6.07 Å². The van der Waals surface area contributed by atoms with E-state index in [0.717, 1.165) is 11.3 Å². The molecular weight excluding hydrogens is 204 g/mol. The molecule has 0 aliphatic heterocycles. The van der Waals surface area contributed by atoms with Gasteiger partial charge < -0.3 is 0 Å². The van der Waals surface area contributed by atoms with Crippen molar-refractivity contribution in [3.8, 4) is 10.4 Å². The lowest BCUT2D eigenvalue weighted by molar-refractivity contribution is 1.26. The van der Waals surface area contributed by atoms with Gasteiger partial charge in [-0.2, -0.15) is 0 Å². The van der Waals surface area contributed by atoms with Crippen LogP contribution >= 0.6 is 23.7 Å². The van der Waals surface area contributed by atoms with Crippen LogP contribution in [0.2, 0.25) is 0 Å². The molecule has 4 heteroatoms. The maximum Gasteiger partial charge on any atom is 0.0801 e. The summed E-state index contributed by atoms with van der Waals surface area (Å²) in [7, 11) is 0. The quantitative estimate of drug-likeness (QED) is 0.727. The third kappa shape index (κ3) is 2.05. The Bertz CT molecular complexity index is 372. The van der Waals surface area contributed by atoms with E-state index in [2.05, 4.69) is 9.97 Å². The van der Waals surface area contributed by atoms with Crippen molar-refractivity contribution in [2.24, 2.45) is 0 Å². The Morgan fingerprint density at radius 3 is 2.77 bits per heavy atom. The molecule has 0 fully saturated rings. The molecule has 2 aromatic heterocycles. The summed E-state index contributed by atoms with van der Waals surface area (Å²) in [6, 6.07) is 3.99. The zero-order valence-corrected chi connectivity index (χ0v) is 8.73. The smallest absolute Gasteiger partial charge is 0.0801 e. The number of hydrogen-bond acceptors (Lipinski definition) is 3. The lowest BCUT2D eigenvalue weighted by Crippen LogP contribution is -1.78. The molecule has 0 unspecified atom stereocenters. The fraction of sp³-hybridized carbons (Fsp3) is 0.111. The molecule has 13 heavy (non-hydrogen) atoms. The second kappa shape index (κ2) is 4.35. The van der Waals surface area contributed by atoms with E-state index in [9.17, 15) is 0 Å². The molecule has 0 bridgehead atoms. The van der Waals surface area contributed by atoms with Crippen LogP contribution in [0.5, 0.6) is 0 Å². The summed E-state index contributed by atoms with van der Waals surface area (Å²) in [6.45, 7) is 2.01. The lowest BCUT2D eigenvalue weighted by atomic mass is 10.2. The minimum absolute atomic E-state index is 0. The molecule has 0 saturated carbocycles. The van der Waals surface area contributed by atoms with E-state index in [-0.39, 0.29) is 12.4 Å². The summed E-state index contributed by atoms with van der Waals surface area (Å²) in [5.74, 6) is 0. The van der Waals surface area contributed by atoms with Crippen LogP contribution in [0.3, 0.4) is 0 Å². The molecule has 0 aliphatic carbocycles. The second-order valence-corrected chi connectivity index (χ2v) is 3.36. The number of rotatable bonds is 1. The van der Waals surface area contributed by atoms with Gasteiger partial charge in [0.15, 0.2) is 0 Å². The Labute approximate surface area is 87.1 Å². The first kappa shape index (κ1) is 10.2. The molecule has 0 N–H and O–H groups in total. The molecule has 2 aromatic rings. The third-order valence-corrected chi connectivity index (χ3v) is 2.65. The molecule has 0 aromatic carbocycles. The summed E-state index contributed by atoms with van der Waals surface area (Å²) in [5, 5.41) is 0. The highest BCUT2D eigenvalue weighted by Gasteiger charge is 2.02. The first-order chi connectivity index (χ1) is 5.88. The zero-order valence-electron chi connectivity index (χ0n) is 7.10. The average Bonchev–Trinajstić information content (AvgIpc) is 2.53. The molecule has 0 saturated heterocycles. The van der Waals surface area contributed by atoms with E-state index >= 15 is 0 Å². The van der Waals surface area contributed by atoms with Gasteiger partial charge in [-0.25, -0.2) is 4.98 Å². The van der Waals surface area contributed by atoms with Crippen LogP contribution in [0.15, 0.2) is 30.0 Å². The van der Waals surface area contributed by atoms with Crippen molar-refractivity contribution in [2.45, 2.75) is 6.92 Å². The molecule has 2 rings (SSSR count). The molecule has 2 heterocycles. The predicted molar refractivity (Wildman–Crippen MR) is 57.3 cm³/mol. The first-order valence-corrected chi connectivity index (χ1v) is 4.56. The van der Waals surface area contributed by atoms with Gasteiger partial charge in [0.05, 0.1) is 16.1 Å². The van der Waals surface area contributed by atoms with Crippen LogP contribution in [0, 0.1) is 6.92 Å². The highest BCUT2D eigenvalue weighted by Crippen LogP contribution is 2.25. The SMILES string of the molecule is Cc1ncsc1-c1cccnc1.Cl. The van der Waals surface area contributed by atoms with Crippen molar-refractivity contribution in [3.05, 3.63) is 35.7 Å². The number of pyridine rings is 1. The molecular formula is C9H9ClN2S. The Morgan fingerprint density at radius 2 is 2.23 bits per heavy atom. The van der Waals surface area contributed by atoms with Crippen molar-refractivity contribution < 1.29 is 0 Å². The number of nitrogens with zero attached hydrogens (tertiary/aromatic N) is 2. The lowest BCUT2D eigenvalue weighted by Gasteiger charge is -1.95. The van der Waals surface area contributed by atoms with E-state index in [4.69, 9.17) is 0 Å². The molecule has 0 atom stereocenters. The van der Waals surface area contributed by atoms with Crippen molar-refractivity contribution in [1.29, 1.82) is 0 Å². The summed E-state index contributed by atoms with van der Waals surface area (Å²) >= 11 is 1.65. The summed E-state index contributed by atoms with van der Waals surface area (Å²) < 4.78 is 0. The summed E-state index contributed by atoms with van der Waals surface area (Å²) in [6.07, 6.45) is 3.64. The maximum absolute atomic E-state index is 4.18. The Balaban J connectivity index is 0.000000845. The number of hydrogen-bond donors (Lipinski definition) is 0. The van der Waals surface area contributed by atoms with Gasteiger partial charge in [0, 0.05) is 18.0 Å². The van der Waals surface area contributed by atoms with Crippen LogP contribution in [0.4, 0.5) is 0 Å². The highest BCUT2D eigenvalue weighted by atomic mass is 35.5. The average molecular weight is 213 g/mol. The summed E-state index contributed by atoms with van der Waals surface area (Å²) in [5.41, 5.74) is 4.09. The third-order valence-electron chi connectivity index (χ3n) is 1.67. The predicted octanol–water partition coefficient (Wildman–Crippen LogP) is 2.94. The van der Waals surface area contributed by atoms with Crippen molar-refractivity contribution in [2.75, 3.05) is 0 Å². The topological polar surface area (TPSA) is 25.8 Å². The Morgan fingerprint density at radius 1 is 1.38 bits per heavy atom. The molecule has 2 nitrogen and oxygen atoms in total. The van der Waals surface area contributed by atoms with Gasteiger partial charge in [-0.05, 0) is 13.0 Å². The van der Waals surface area contributed by atoms with Crippen molar-refractivity contribution in [3.63, 3.8) is 0 Å². The van der Waals surface area contributed by atoms with E-state index in [0.29, 0.717) is 0 Å². The molecule has 0 aliphatic rings. The van der Waals surface area contributed by atoms with Crippen molar-refractivity contribution in [1.82, 2.24) is 9.97 Å². The van der Waals surface area contributed by atoms with Gasteiger partial charge in [0.1, 0.15) is 0 Å². The Hall–Kier alpha value is -0.930. The van der Waals surface area contributed by atoms with Gasteiger partial charge in [0.2, 0.25) is 0 Å².